The van der Waals surface area contributed by atoms with Gasteiger partial charge in [-0.05, 0) is 91.3 Å². The Morgan fingerprint density at radius 2 is 2.00 bits per heavy atom. The van der Waals surface area contributed by atoms with Gasteiger partial charge in [0.25, 0.3) is 0 Å². The highest BCUT2D eigenvalue weighted by atomic mass is 16.3. The monoisotopic (exact) mass is 437 g/mol. The number of rotatable bonds is 7. The summed E-state index contributed by atoms with van der Waals surface area (Å²) in [6.07, 6.45) is 20.2. The predicted molar refractivity (Wildman–Crippen MR) is 136 cm³/mol. The Bertz CT molecular complexity index is 759. The molecule has 0 bridgehead atoms. The van der Waals surface area contributed by atoms with Gasteiger partial charge in [0.1, 0.15) is 0 Å². The molecular weight excluding hydrogens is 390 g/mol. The van der Waals surface area contributed by atoms with E-state index in [4.69, 9.17) is 0 Å². The van der Waals surface area contributed by atoms with Crippen LogP contribution in [-0.4, -0.2) is 23.3 Å². The molecule has 1 fully saturated rings. The van der Waals surface area contributed by atoms with E-state index in [1.165, 1.54) is 44.1 Å². The van der Waals surface area contributed by atoms with Crippen molar-refractivity contribution in [2.75, 3.05) is 0 Å². The van der Waals surface area contributed by atoms with Gasteiger partial charge in [-0.1, -0.05) is 71.4 Å². The standard InChI is InChI=1S/C30H47NO/c1-6-22-14-15-23(17-27(22)19(2)3)21(5)30(32)24-13-12-20(4)25(16-24)18-29-26-10-8-7-9-11-28(26)31-29/h10,12-13,15,19-20,22,24-25,27-32H,5-9,11,14,16-18H2,1-4H3. The summed E-state index contributed by atoms with van der Waals surface area (Å²) in [5.41, 5.74) is 4.00. The fourth-order valence-electron chi connectivity index (χ4n) is 6.98. The molecule has 0 saturated carbocycles. The van der Waals surface area contributed by atoms with E-state index in [1.807, 2.05) is 0 Å². The minimum atomic E-state index is -0.447. The van der Waals surface area contributed by atoms with Crippen LogP contribution in [0.25, 0.3) is 0 Å². The molecular formula is C30H47NO. The second-order valence-electron chi connectivity index (χ2n) is 11.6. The average molecular weight is 438 g/mol. The second-order valence-corrected chi connectivity index (χ2v) is 11.6. The Morgan fingerprint density at radius 3 is 2.75 bits per heavy atom. The molecule has 8 atom stereocenters. The summed E-state index contributed by atoms with van der Waals surface area (Å²) >= 11 is 0. The molecule has 0 spiro atoms. The van der Waals surface area contributed by atoms with Crippen molar-refractivity contribution >= 4 is 0 Å². The van der Waals surface area contributed by atoms with Gasteiger partial charge in [-0.2, -0.15) is 0 Å². The lowest BCUT2D eigenvalue weighted by atomic mass is 9.68. The zero-order valence-corrected chi connectivity index (χ0v) is 21.0. The molecule has 1 heterocycles. The SMILES string of the molecule is C=C(C1=CCC(CC)C(C(C)C)C1)C(O)C1C=CC(C)C(CC2NC3CCCCC=C32)C1. The highest BCUT2D eigenvalue weighted by Crippen LogP contribution is 2.43. The lowest BCUT2D eigenvalue weighted by Gasteiger charge is -2.44. The van der Waals surface area contributed by atoms with Crippen LogP contribution in [0.1, 0.15) is 85.5 Å². The van der Waals surface area contributed by atoms with Gasteiger partial charge in [0.2, 0.25) is 0 Å². The molecule has 0 aromatic heterocycles. The van der Waals surface area contributed by atoms with Crippen LogP contribution < -0.4 is 5.32 Å². The van der Waals surface area contributed by atoms with Crippen LogP contribution in [0.3, 0.4) is 0 Å². The maximum atomic E-state index is 11.4. The van der Waals surface area contributed by atoms with Crippen LogP contribution in [-0.2, 0) is 0 Å². The summed E-state index contributed by atoms with van der Waals surface area (Å²) < 4.78 is 0. The molecule has 4 rings (SSSR count). The molecule has 0 aromatic carbocycles. The molecule has 0 aromatic rings. The van der Waals surface area contributed by atoms with Crippen LogP contribution in [0.2, 0.25) is 0 Å². The molecule has 8 unspecified atom stereocenters. The van der Waals surface area contributed by atoms with Crippen molar-refractivity contribution in [3.63, 3.8) is 0 Å². The van der Waals surface area contributed by atoms with Crippen molar-refractivity contribution < 1.29 is 5.11 Å². The number of allylic oxidation sites excluding steroid dienone is 3. The first-order valence-corrected chi connectivity index (χ1v) is 13.6. The molecule has 1 saturated heterocycles. The minimum absolute atomic E-state index is 0.199. The molecule has 0 radical (unpaired) electrons. The number of aliphatic hydroxyl groups excluding tert-OH is 1. The van der Waals surface area contributed by atoms with Gasteiger partial charge in [-0.25, -0.2) is 0 Å². The Morgan fingerprint density at radius 1 is 1.19 bits per heavy atom. The number of nitrogens with one attached hydrogen (secondary N) is 1. The molecule has 2 heteroatoms. The van der Waals surface area contributed by atoms with Crippen LogP contribution in [0.4, 0.5) is 0 Å². The summed E-state index contributed by atoms with van der Waals surface area (Å²) in [6.45, 7) is 13.8. The zero-order valence-electron chi connectivity index (χ0n) is 21.0. The van der Waals surface area contributed by atoms with E-state index in [1.54, 1.807) is 5.57 Å². The lowest BCUT2D eigenvalue weighted by Crippen LogP contribution is -2.55. The first kappa shape index (κ1) is 24.0. The fraction of sp³-hybridized carbons (Fsp3) is 0.733. The number of hydrogen-bond donors (Lipinski definition) is 2. The van der Waals surface area contributed by atoms with Crippen molar-refractivity contribution in [1.82, 2.24) is 5.32 Å². The minimum Gasteiger partial charge on any atom is -0.388 e. The molecule has 2 N–H and O–H groups in total. The Labute approximate surface area is 197 Å². The maximum absolute atomic E-state index is 11.4. The van der Waals surface area contributed by atoms with E-state index in [0.717, 1.165) is 30.8 Å². The van der Waals surface area contributed by atoms with E-state index in [2.05, 4.69) is 63.9 Å². The van der Waals surface area contributed by atoms with E-state index in [0.29, 0.717) is 35.8 Å². The van der Waals surface area contributed by atoms with Crippen LogP contribution in [0, 0.1) is 35.5 Å². The normalized spacial score (nSPS) is 38.2. The van der Waals surface area contributed by atoms with E-state index in [-0.39, 0.29) is 5.92 Å². The third-order valence-electron chi connectivity index (χ3n) is 9.34. The number of fused-ring (bicyclic) bond motifs is 1. The third-order valence-corrected chi connectivity index (χ3v) is 9.34. The van der Waals surface area contributed by atoms with Gasteiger partial charge in [-0.15, -0.1) is 0 Å². The summed E-state index contributed by atoms with van der Waals surface area (Å²) in [4.78, 5) is 0. The highest BCUT2D eigenvalue weighted by Gasteiger charge is 2.39. The van der Waals surface area contributed by atoms with Crippen LogP contribution in [0.5, 0.6) is 0 Å². The molecule has 178 valence electrons. The van der Waals surface area contributed by atoms with Crippen LogP contribution in [0.15, 0.2) is 47.6 Å². The van der Waals surface area contributed by atoms with Gasteiger partial charge in [0.15, 0.2) is 0 Å². The van der Waals surface area contributed by atoms with E-state index in [9.17, 15) is 5.11 Å². The number of hydrogen-bond acceptors (Lipinski definition) is 2. The largest absolute Gasteiger partial charge is 0.388 e. The Balaban J connectivity index is 1.38. The average Bonchev–Trinajstić information content (AvgIpc) is 2.98. The van der Waals surface area contributed by atoms with Crippen molar-refractivity contribution in [2.24, 2.45) is 35.5 Å². The maximum Gasteiger partial charge on any atom is 0.0849 e. The summed E-state index contributed by atoms with van der Waals surface area (Å²) in [7, 11) is 0. The smallest absolute Gasteiger partial charge is 0.0849 e. The molecule has 32 heavy (non-hydrogen) atoms. The van der Waals surface area contributed by atoms with Gasteiger partial charge >= 0.3 is 0 Å². The van der Waals surface area contributed by atoms with Crippen molar-refractivity contribution in [1.29, 1.82) is 0 Å². The highest BCUT2D eigenvalue weighted by molar-refractivity contribution is 5.35. The third kappa shape index (κ3) is 5.02. The van der Waals surface area contributed by atoms with E-state index >= 15 is 0 Å². The summed E-state index contributed by atoms with van der Waals surface area (Å²) in [5.74, 6) is 3.59. The lowest BCUT2D eigenvalue weighted by molar-refractivity contribution is 0.128. The summed E-state index contributed by atoms with van der Waals surface area (Å²) in [6, 6.07) is 1.22. The van der Waals surface area contributed by atoms with Gasteiger partial charge in [-0.3, -0.25) is 0 Å². The van der Waals surface area contributed by atoms with Crippen molar-refractivity contribution in [2.45, 2.75) is 104 Å². The van der Waals surface area contributed by atoms with Crippen LogP contribution >= 0.6 is 0 Å². The molecule has 0 amide bonds. The summed E-state index contributed by atoms with van der Waals surface area (Å²) in [5, 5.41) is 15.2. The molecule has 3 aliphatic carbocycles. The zero-order chi connectivity index (χ0) is 22.8. The van der Waals surface area contributed by atoms with Gasteiger partial charge < -0.3 is 10.4 Å². The second kappa shape index (κ2) is 10.4. The van der Waals surface area contributed by atoms with Gasteiger partial charge in [0, 0.05) is 18.0 Å². The Kier molecular flexibility index (Phi) is 7.83. The fourth-order valence-corrected chi connectivity index (χ4v) is 6.98. The van der Waals surface area contributed by atoms with Gasteiger partial charge in [0.05, 0.1) is 6.10 Å². The molecule has 2 nitrogen and oxygen atoms in total. The van der Waals surface area contributed by atoms with Crippen molar-refractivity contribution in [3.05, 3.63) is 47.6 Å². The predicted octanol–water partition coefficient (Wildman–Crippen LogP) is 6.98. The Hall–Kier alpha value is -1.12. The molecule has 4 aliphatic rings. The van der Waals surface area contributed by atoms with E-state index < -0.39 is 6.10 Å². The first-order chi connectivity index (χ1) is 15.4. The van der Waals surface area contributed by atoms with Crippen molar-refractivity contribution in [3.8, 4) is 0 Å². The topological polar surface area (TPSA) is 32.3 Å². The first-order valence-electron chi connectivity index (χ1n) is 13.6. The quantitative estimate of drug-likeness (QED) is 0.421. The molecule has 1 aliphatic heterocycles. The number of aliphatic hydroxyl groups is 1.